The highest BCUT2D eigenvalue weighted by molar-refractivity contribution is 9.10. The van der Waals surface area contributed by atoms with Crippen molar-refractivity contribution in [2.45, 2.75) is 26.9 Å². The number of amides is 2. The Labute approximate surface area is 154 Å². The number of rotatable bonds is 6. The van der Waals surface area contributed by atoms with Gasteiger partial charge in [0, 0.05) is 12.2 Å². The predicted octanol–water partition coefficient (Wildman–Crippen LogP) is 1.91. The summed E-state index contributed by atoms with van der Waals surface area (Å²) in [6.45, 7) is 5.94. The highest BCUT2D eigenvalue weighted by atomic mass is 79.9. The fraction of sp³-hybridized carbons (Fsp3) is 0.400. The van der Waals surface area contributed by atoms with Gasteiger partial charge in [0.2, 0.25) is 0 Å². The van der Waals surface area contributed by atoms with Crippen molar-refractivity contribution in [1.29, 1.82) is 0 Å². The van der Waals surface area contributed by atoms with Crippen molar-refractivity contribution in [3.05, 3.63) is 28.2 Å². The molecule has 0 radical (unpaired) electrons. The van der Waals surface area contributed by atoms with E-state index in [2.05, 4.69) is 32.1 Å². The zero-order chi connectivity index (χ0) is 18.1. The van der Waals surface area contributed by atoms with Crippen molar-refractivity contribution in [1.82, 2.24) is 16.2 Å². The number of ether oxygens (including phenoxy) is 2. The van der Waals surface area contributed by atoms with E-state index >= 15 is 0 Å². The molecule has 3 N–H and O–H groups in total. The second kappa shape index (κ2) is 10.2. The summed E-state index contributed by atoms with van der Waals surface area (Å²) < 4.78 is 11.2. The largest absolute Gasteiger partial charge is 0.490 e. The number of hydrogen-bond acceptors (Lipinski definition) is 5. The summed E-state index contributed by atoms with van der Waals surface area (Å²) in [6.07, 6.45) is 0.0260. The molecule has 1 aromatic rings. The summed E-state index contributed by atoms with van der Waals surface area (Å²) in [5.41, 5.74) is 5.14. The van der Waals surface area contributed by atoms with Gasteiger partial charge in [-0.25, -0.2) is 0 Å². The lowest BCUT2D eigenvalue weighted by atomic mass is 10.2. The first-order valence-electron chi connectivity index (χ1n) is 7.27. The number of thiocarbonyl (C=S) groups is 1. The third kappa shape index (κ3) is 7.24. The average Bonchev–Trinajstić information content (AvgIpc) is 2.52. The number of benzene rings is 1. The van der Waals surface area contributed by atoms with Gasteiger partial charge in [0.1, 0.15) is 12.4 Å². The fourth-order valence-electron chi connectivity index (χ4n) is 1.56. The van der Waals surface area contributed by atoms with Crippen molar-refractivity contribution in [3.8, 4) is 5.75 Å². The molecule has 7 nitrogen and oxygen atoms in total. The van der Waals surface area contributed by atoms with Crippen LogP contribution in [0.15, 0.2) is 22.7 Å². The standard InChI is InChI=1S/C15H20BrN3O4S/c1-4-22-8-13(20)18-19-15(24)17-14(21)10-5-6-12(11(16)7-10)23-9(2)3/h5-7,9H,4,8H2,1-3H3,(H,18,20)(H2,17,19,21,24). The van der Waals surface area contributed by atoms with Gasteiger partial charge in [-0.1, -0.05) is 0 Å². The van der Waals surface area contributed by atoms with E-state index in [4.69, 9.17) is 21.7 Å². The maximum atomic E-state index is 12.1. The van der Waals surface area contributed by atoms with Gasteiger partial charge < -0.3 is 9.47 Å². The van der Waals surface area contributed by atoms with E-state index < -0.39 is 11.8 Å². The van der Waals surface area contributed by atoms with Crippen LogP contribution in [0.2, 0.25) is 0 Å². The summed E-state index contributed by atoms with van der Waals surface area (Å²) in [7, 11) is 0. The van der Waals surface area contributed by atoms with Crippen molar-refractivity contribution in [2.24, 2.45) is 0 Å². The first-order chi connectivity index (χ1) is 11.3. The molecule has 0 unspecified atom stereocenters. The molecule has 0 aliphatic carbocycles. The SMILES string of the molecule is CCOCC(=O)NNC(=S)NC(=O)c1ccc(OC(C)C)c(Br)c1. The number of halogens is 1. The number of hydrazine groups is 1. The van der Waals surface area contributed by atoms with E-state index in [0.29, 0.717) is 22.4 Å². The Bertz CT molecular complexity index is 610. The zero-order valence-electron chi connectivity index (χ0n) is 13.6. The second-order valence-corrected chi connectivity index (χ2v) is 6.17. The molecular weight excluding hydrogens is 398 g/mol. The van der Waals surface area contributed by atoms with Crippen molar-refractivity contribution < 1.29 is 19.1 Å². The molecule has 2 amide bonds. The van der Waals surface area contributed by atoms with Crippen LogP contribution in [-0.2, 0) is 9.53 Å². The molecular formula is C15H20BrN3O4S. The maximum absolute atomic E-state index is 12.1. The lowest BCUT2D eigenvalue weighted by Crippen LogP contribution is -2.49. The third-order valence-corrected chi connectivity index (χ3v) is 3.36. The lowest BCUT2D eigenvalue weighted by molar-refractivity contribution is -0.126. The molecule has 24 heavy (non-hydrogen) atoms. The zero-order valence-corrected chi connectivity index (χ0v) is 16.0. The molecule has 0 aromatic heterocycles. The molecule has 0 fully saturated rings. The average molecular weight is 418 g/mol. The molecule has 9 heteroatoms. The van der Waals surface area contributed by atoms with Gasteiger partial charge >= 0.3 is 0 Å². The Balaban J connectivity index is 2.54. The minimum atomic E-state index is -0.414. The normalized spacial score (nSPS) is 10.2. The fourth-order valence-corrected chi connectivity index (χ4v) is 2.17. The molecule has 1 rings (SSSR count). The molecule has 0 heterocycles. The van der Waals surface area contributed by atoms with E-state index in [1.807, 2.05) is 13.8 Å². The van der Waals surface area contributed by atoms with Gasteiger partial charge in [-0.15, -0.1) is 0 Å². The van der Waals surface area contributed by atoms with Crippen LogP contribution >= 0.6 is 28.1 Å². The van der Waals surface area contributed by atoms with Gasteiger partial charge in [-0.3, -0.25) is 25.8 Å². The maximum Gasteiger partial charge on any atom is 0.264 e. The van der Waals surface area contributed by atoms with Gasteiger partial charge in [0.05, 0.1) is 10.6 Å². The van der Waals surface area contributed by atoms with Gasteiger partial charge in [0.25, 0.3) is 11.8 Å². The Kier molecular flexibility index (Phi) is 8.66. The summed E-state index contributed by atoms with van der Waals surface area (Å²) in [5, 5.41) is 2.43. The topological polar surface area (TPSA) is 88.7 Å². The van der Waals surface area contributed by atoms with Gasteiger partial charge in [-0.2, -0.15) is 0 Å². The Morgan fingerprint density at radius 3 is 2.58 bits per heavy atom. The number of carbonyl (C=O) groups is 2. The summed E-state index contributed by atoms with van der Waals surface area (Å²) >= 11 is 8.30. The van der Waals surface area contributed by atoms with Crippen LogP contribution in [0, 0.1) is 0 Å². The summed E-state index contributed by atoms with van der Waals surface area (Å²) in [5.74, 6) is -0.167. The van der Waals surface area contributed by atoms with E-state index in [0.717, 1.165) is 0 Å². The van der Waals surface area contributed by atoms with Crippen LogP contribution in [0.5, 0.6) is 5.75 Å². The number of carbonyl (C=O) groups excluding carboxylic acids is 2. The highest BCUT2D eigenvalue weighted by Gasteiger charge is 2.12. The molecule has 0 aliphatic heterocycles. The smallest absolute Gasteiger partial charge is 0.264 e. The molecule has 0 bridgehead atoms. The number of nitrogens with one attached hydrogen (secondary N) is 3. The third-order valence-electron chi connectivity index (χ3n) is 2.54. The molecule has 132 valence electrons. The van der Waals surface area contributed by atoms with E-state index in [9.17, 15) is 9.59 Å². The van der Waals surface area contributed by atoms with Crippen LogP contribution in [0.1, 0.15) is 31.1 Å². The Hall–Kier alpha value is -1.71. The van der Waals surface area contributed by atoms with Crippen LogP contribution < -0.4 is 20.9 Å². The van der Waals surface area contributed by atoms with E-state index in [1.165, 1.54) is 0 Å². The van der Waals surface area contributed by atoms with Gasteiger partial charge in [0.15, 0.2) is 5.11 Å². The minimum Gasteiger partial charge on any atom is -0.490 e. The van der Waals surface area contributed by atoms with Crippen LogP contribution in [-0.4, -0.2) is 36.2 Å². The molecule has 0 atom stereocenters. The van der Waals surface area contributed by atoms with Crippen LogP contribution in [0.4, 0.5) is 0 Å². The molecule has 0 spiro atoms. The van der Waals surface area contributed by atoms with Crippen molar-refractivity contribution >= 4 is 45.1 Å². The van der Waals surface area contributed by atoms with E-state index in [1.54, 1.807) is 25.1 Å². The minimum absolute atomic E-state index is 0.0246. The van der Waals surface area contributed by atoms with Crippen molar-refractivity contribution in [2.75, 3.05) is 13.2 Å². The first kappa shape index (κ1) is 20.3. The quantitative estimate of drug-likeness (QED) is 0.483. The monoisotopic (exact) mass is 417 g/mol. The Morgan fingerprint density at radius 1 is 1.29 bits per heavy atom. The second-order valence-electron chi connectivity index (χ2n) is 4.91. The van der Waals surface area contributed by atoms with Crippen molar-refractivity contribution in [3.63, 3.8) is 0 Å². The first-order valence-corrected chi connectivity index (χ1v) is 8.47. The predicted molar refractivity (Wildman–Crippen MR) is 97.7 cm³/mol. The van der Waals surface area contributed by atoms with Crippen LogP contribution in [0.3, 0.4) is 0 Å². The van der Waals surface area contributed by atoms with Gasteiger partial charge in [-0.05, 0) is 67.1 Å². The lowest BCUT2D eigenvalue weighted by Gasteiger charge is -2.13. The Morgan fingerprint density at radius 2 is 2.00 bits per heavy atom. The number of hydrogen-bond donors (Lipinski definition) is 3. The molecule has 0 saturated heterocycles. The summed E-state index contributed by atoms with van der Waals surface area (Å²) in [6, 6.07) is 4.94. The molecule has 1 aromatic carbocycles. The molecule has 0 aliphatic rings. The summed E-state index contributed by atoms with van der Waals surface area (Å²) in [4.78, 5) is 23.5. The highest BCUT2D eigenvalue weighted by Crippen LogP contribution is 2.26. The van der Waals surface area contributed by atoms with Crippen LogP contribution in [0.25, 0.3) is 0 Å². The molecule has 0 saturated carbocycles. The van der Waals surface area contributed by atoms with E-state index in [-0.39, 0.29) is 17.8 Å².